The standard InChI is InChI=1S/C34H47N3O11S/c1-34(2,14-7-8-15-36(3)33(40)41)21-37(49(42,43)24-11-12-28-29(18-24)47-22-46-28)19-27(38)26(17-23-9-5-4-6-10-23)35-32(39)48-30-20-45-31-25(30)13-16-44-31/h4-6,9-12,18,25-27,30-31,38H,7-8,13-17,19-22H2,1-3H3,(H,35,39)(H,40,41)/t25-,26+,27-,30-,31+/m1/s1. The summed E-state index contributed by atoms with van der Waals surface area (Å²) in [4.78, 5) is 25.6. The predicted octanol–water partition coefficient (Wildman–Crippen LogP) is 3.67. The fourth-order valence-electron chi connectivity index (χ4n) is 6.40. The second kappa shape index (κ2) is 15.9. The van der Waals surface area contributed by atoms with Gasteiger partial charge in [0, 0.05) is 32.7 Å². The molecule has 3 N–H and O–H groups in total. The van der Waals surface area contributed by atoms with Crippen LogP contribution in [0.2, 0.25) is 0 Å². The van der Waals surface area contributed by atoms with E-state index in [0.717, 1.165) is 5.56 Å². The molecule has 2 fully saturated rings. The van der Waals surface area contributed by atoms with Crippen molar-refractivity contribution in [3.05, 3.63) is 54.1 Å². The number of ether oxygens (including phenoxy) is 5. The first-order valence-electron chi connectivity index (χ1n) is 16.6. The number of nitrogens with zero attached hydrogens (tertiary/aromatic N) is 2. The summed E-state index contributed by atoms with van der Waals surface area (Å²) in [6.45, 7) is 4.65. The Kier molecular flexibility index (Phi) is 11.9. The van der Waals surface area contributed by atoms with Gasteiger partial charge in [0.05, 0.1) is 36.2 Å². The van der Waals surface area contributed by atoms with Crippen molar-refractivity contribution in [3.8, 4) is 11.5 Å². The summed E-state index contributed by atoms with van der Waals surface area (Å²) in [5.74, 6) is 0.670. The first-order chi connectivity index (χ1) is 23.3. The molecule has 0 bridgehead atoms. The Bertz CT molecular complexity index is 1540. The number of carbonyl (C=O) groups excluding carboxylic acids is 1. The molecule has 5 rings (SSSR count). The monoisotopic (exact) mass is 705 g/mol. The highest BCUT2D eigenvalue weighted by molar-refractivity contribution is 7.89. The van der Waals surface area contributed by atoms with Gasteiger partial charge in [-0.25, -0.2) is 18.0 Å². The molecule has 5 atom stereocenters. The lowest BCUT2D eigenvalue weighted by Gasteiger charge is -2.35. The number of rotatable bonds is 16. The maximum atomic E-state index is 14.3. The van der Waals surface area contributed by atoms with E-state index in [2.05, 4.69) is 5.32 Å². The van der Waals surface area contributed by atoms with Gasteiger partial charge in [0.25, 0.3) is 0 Å². The lowest BCUT2D eigenvalue weighted by Crippen LogP contribution is -2.52. The molecule has 270 valence electrons. The topological polar surface area (TPSA) is 173 Å². The minimum absolute atomic E-state index is 0.0181. The van der Waals surface area contributed by atoms with E-state index in [1.54, 1.807) is 0 Å². The van der Waals surface area contributed by atoms with E-state index in [0.29, 0.717) is 50.3 Å². The SMILES string of the molecule is CN(CCCCC(C)(C)CN(C[C@@H](O)[C@H](Cc1ccccc1)NC(=O)O[C@@H]1CO[C@@H]2OCC[C@@H]21)S(=O)(=O)c1ccc2c(c1)OCO2)C(=O)O. The summed E-state index contributed by atoms with van der Waals surface area (Å²) in [6, 6.07) is 12.8. The number of amides is 2. The zero-order valence-electron chi connectivity index (χ0n) is 28.2. The number of aliphatic hydroxyl groups excluding tert-OH is 1. The van der Waals surface area contributed by atoms with Gasteiger partial charge in [-0.2, -0.15) is 4.31 Å². The minimum atomic E-state index is -4.19. The Morgan fingerprint density at radius 3 is 2.59 bits per heavy atom. The fourth-order valence-corrected chi connectivity index (χ4v) is 8.06. The number of fused-ring (bicyclic) bond motifs is 2. The van der Waals surface area contributed by atoms with Crippen molar-refractivity contribution in [2.75, 3.05) is 46.7 Å². The van der Waals surface area contributed by atoms with Crippen LogP contribution in [0.1, 0.15) is 45.1 Å². The number of nitrogens with one attached hydrogen (secondary N) is 1. The highest BCUT2D eigenvalue weighted by Gasteiger charge is 2.44. The molecule has 15 heteroatoms. The smallest absolute Gasteiger partial charge is 0.407 e. The fraction of sp³-hybridized carbons (Fsp3) is 0.588. The number of carbonyl (C=O) groups is 2. The summed E-state index contributed by atoms with van der Waals surface area (Å²) < 4.78 is 57.5. The Morgan fingerprint density at radius 1 is 1.08 bits per heavy atom. The number of hydrogen-bond acceptors (Lipinski definition) is 10. The molecule has 2 aromatic carbocycles. The van der Waals surface area contributed by atoms with Crippen molar-refractivity contribution < 1.29 is 51.9 Å². The van der Waals surface area contributed by atoms with Gasteiger partial charge in [0.2, 0.25) is 16.8 Å². The summed E-state index contributed by atoms with van der Waals surface area (Å²) in [5, 5.41) is 23.7. The zero-order chi connectivity index (χ0) is 35.2. The zero-order valence-corrected chi connectivity index (χ0v) is 29.0. The van der Waals surface area contributed by atoms with E-state index >= 15 is 0 Å². The van der Waals surface area contributed by atoms with Gasteiger partial charge in [-0.05, 0) is 48.8 Å². The molecule has 2 amide bonds. The highest BCUT2D eigenvalue weighted by Crippen LogP contribution is 2.36. The van der Waals surface area contributed by atoms with Crippen LogP contribution < -0.4 is 14.8 Å². The number of sulfonamides is 1. The van der Waals surface area contributed by atoms with Gasteiger partial charge in [0.1, 0.15) is 6.10 Å². The average Bonchev–Trinajstić information content (AvgIpc) is 3.81. The summed E-state index contributed by atoms with van der Waals surface area (Å²) in [7, 11) is -2.69. The van der Waals surface area contributed by atoms with Gasteiger partial charge in [-0.1, -0.05) is 50.6 Å². The van der Waals surface area contributed by atoms with Crippen LogP contribution in [0.3, 0.4) is 0 Å². The summed E-state index contributed by atoms with van der Waals surface area (Å²) >= 11 is 0. The minimum Gasteiger partial charge on any atom is -0.465 e. The van der Waals surface area contributed by atoms with Crippen LogP contribution in [0.5, 0.6) is 11.5 Å². The normalized spacial score (nSPS) is 21.3. The van der Waals surface area contributed by atoms with Crippen LogP contribution >= 0.6 is 0 Å². The second-order valence-electron chi connectivity index (χ2n) is 13.6. The van der Waals surface area contributed by atoms with Crippen LogP contribution in [0, 0.1) is 11.3 Å². The van der Waals surface area contributed by atoms with Gasteiger partial charge in [0.15, 0.2) is 17.8 Å². The molecule has 0 unspecified atom stereocenters. The maximum absolute atomic E-state index is 14.3. The molecular formula is C34H47N3O11S. The number of aliphatic hydroxyl groups is 1. The molecule has 3 aliphatic rings. The van der Waals surface area contributed by atoms with Crippen LogP contribution in [0.15, 0.2) is 53.4 Å². The molecule has 3 aliphatic heterocycles. The van der Waals surface area contributed by atoms with Crippen molar-refractivity contribution in [1.82, 2.24) is 14.5 Å². The van der Waals surface area contributed by atoms with Crippen LogP contribution in [0.25, 0.3) is 0 Å². The third-order valence-electron chi connectivity index (χ3n) is 9.21. The Balaban J connectivity index is 1.35. The second-order valence-corrected chi connectivity index (χ2v) is 15.6. The molecule has 0 radical (unpaired) electrons. The van der Waals surface area contributed by atoms with E-state index in [1.807, 2.05) is 44.2 Å². The van der Waals surface area contributed by atoms with Gasteiger partial charge in [-0.15, -0.1) is 0 Å². The number of unbranched alkanes of at least 4 members (excludes halogenated alkanes) is 1. The molecule has 0 spiro atoms. The third-order valence-corrected chi connectivity index (χ3v) is 11.0. The summed E-state index contributed by atoms with van der Waals surface area (Å²) in [5.41, 5.74) is 0.270. The number of benzene rings is 2. The van der Waals surface area contributed by atoms with Crippen molar-refractivity contribution in [3.63, 3.8) is 0 Å². The lowest BCUT2D eigenvalue weighted by atomic mass is 9.87. The average molecular weight is 706 g/mol. The summed E-state index contributed by atoms with van der Waals surface area (Å²) in [6.07, 6.45) is -1.20. The highest BCUT2D eigenvalue weighted by atomic mass is 32.2. The molecule has 0 saturated carbocycles. The Labute approximate surface area is 287 Å². The number of hydrogen-bond donors (Lipinski definition) is 3. The number of alkyl carbamates (subject to hydrolysis) is 1. The van der Waals surface area contributed by atoms with E-state index in [9.17, 15) is 23.1 Å². The largest absolute Gasteiger partial charge is 0.465 e. The molecular weight excluding hydrogens is 658 g/mol. The third kappa shape index (κ3) is 9.54. The van der Waals surface area contributed by atoms with Crippen molar-refractivity contribution >= 4 is 22.2 Å². The van der Waals surface area contributed by atoms with Crippen molar-refractivity contribution in [2.45, 2.75) is 75.4 Å². The molecule has 2 aromatic rings. The van der Waals surface area contributed by atoms with Crippen molar-refractivity contribution in [2.24, 2.45) is 11.3 Å². The van der Waals surface area contributed by atoms with Crippen LogP contribution in [-0.4, -0.2) is 111 Å². The van der Waals surface area contributed by atoms with Crippen LogP contribution in [0.4, 0.5) is 9.59 Å². The van der Waals surface area contributed by atoms with Gasteiger partial charge in [-0.3, -0.25) is 0 Å². The van der Waals surface area contributed by atoms with E-state index < -0.39 is 52.2 Å². The van der Waals surface area contributed by atoms with Crippen LogP contribution in [-0.2, 0) is 30.7 Å². The Hall–Kier alpha value is -3.63. The quantitative estimate of drug-likeness (QED) is 0.218. The molecule has 49 heavy (non-hydrogen) atoms. The van der Waals surface area contributed by atoms with Crippen molar-refractivity contribution in [1.29, 1.82) is 0 Å². The predicted molar refractivity (Wildman–Crippen MR) is 177 cm³/mol. The molecule has 0 aliphatic carbocycles. The van der Waals surface area contributed by atoms with E-state index in [1.165, 1.54) is 34.5 Å². The van der Waals surface area contributed by atoms with Gasteiger partial charge >= 0.3 is 12.2 Å². The first-order valence-corrected chi connectivity index (χ1v) is 18.0. The lowest BCUT2D eigenvalue weighted by molar-refractivity contribution is -0.0907. The first kappa shape index (κ1) is 36.6. The maximum Gasteiger partial charge on any atom is 0.407 e. The number of carboxylic acid groups (broad SMARTS) is 1. The Morgan fingerprint density at radius 2 is 1.84 bits per heavy atom. The molecule has 3 heterocycles. The molecule has 2 saturated heterocycles. The molecule has 0 aromatic heterocycles. The van der Waals surface area contributed by atoms with E-state index in [-0.39, 0.29) is 43.7 Å². The molecule has 14 nitrogen and oxygen atoms in total. The van der Waals surface area contributed by atoms with Gasteiger partial charge < -0.3 is 44.1 Å². The van der Waals surface area contributed by atoms with E-state index in [4.69, 9.17) is 28.8 Å².